The van der Waals surface area contributed by atoms with Crippen LogP contribution in [0.1, 0.15) is 6.92 Å². The van der Waals surface area contributed by atoms with Gasteiger partial charge < -0.3 is 9.84 Å². The van der Waals surface area contributed by atoms with Crippen molar-refractivity contribution in [2.75, 3.05) is 6.61 Å². The molecule has 0 radical (unpaired) electrons. The third kappa shape index (κ3) is 3.07. The van der Waals surface area contributed by atoms with E-state index < -0.39 is 0 Å². The number of benzene rings is 1. The highest BCUT2D eigenvalue weighted by Crippen LogP contribution is 2.28. The third-order valence-corrected chi connectivity index (χ3v) is 2.01. The summed E-state index contributed by atoms with van der Waals surface area (Å²) in [5.41, 5.74) is 0. The lowest BCUT2D eigenvalue weighted by Gasteiger charge is -2.12. The van der Waals surface area contributed by atoms with Crippen LogP contribution in [0.15, 0.2) is 18.2 Å². The van der Waals surface area contributed by atoms with Crippen LogP contribution in [0.3, 0.4) is 0 Å². The molecular weight excluding hydrogens is 211 g/mol. The lowest BCUT2D eigenvalue weighted by Crippen LogP contribution is -2.16. The molecule has 13 heavy (non-hydrogen) atoms. The molecule has 0 spiro atoms. The van der Waals surface area contributed by atoms with E-state index in [2.05, 4.69) is 0 Å². The summed E-state index contributed by atoms with van der Waals surface area (Å²) in [6, 6.07) is 4.96. The Morgan fingerprint density at radius 3 is 2.69 bits per heavy atom. The molecule has 0 saturated carbocycles. The highest BCUT2D eigenvalue weighted by atomic mass is 35.5. The van der Waals surface area contributed by atoms with E-state index in [1.54, 1.807) is 25.1 Å². The summed E-state index contributed by atoms with van der Waals surface area (Å²) >= 11 is 11.5. The first-order valence-electron chi connectivity index (χ1n) is 3.86. The van der Waals surface area contributed by atoms with E-state index in [9.17, 15) is 0 Å². The number of aliphatic hydroxyl groups excluding tert-OH is 1. The zero-order valence-corrected chi connectivity index (χ0v) is 8.64. The van der Waals surface area contributed by atoms with Gasteiger partial charge in [0, 0.05) is 5.02 Å². The Kier molecular flexibility index (Phi) is 3.85. The summed E-state index contributed by atoms with van der Waals surface area (Å²) in [5, 5.41) is 9.76. The summed E-state index contributed by atoms with van der Waals surface area (Å²) in [4.78, 5) is 0. The van der Waals surface area contributed by atoms with E-state index in [0.717, 1.165) is 0 Å². The van der Waals surface area contributed by atoms with Crippen molar-refractivity contribution in [1.29, 1.82) is 0 Å². The van der Waals surface area contributed by atoms with Crippen LogP contribution in [0.2, 0.25) is 10.0 Å². The van der Waals surface area contributed by atoms with Gasteiger partial charge in [-0.2, -0.15) is 0 Å². The molecule has 1 aromatic carbocycles. The predicted octanol–water partition coefficient (Wildman–Crippen LogP) is 2.75. The van der Waals surface area contributed by atoms with E-state index >= 15 is 0 Å². The van der Waals surface area contributed by atoms with Crippen molar-refractivity contribution in [2.24, 2.45) is 0 Å². The Morgan fingerprint density at radius 2 is 2.15 bits per heavy atom. The summed E-state index contributed by atoms with van der Waals surface area (Å²) in [6.07, 6.45) is -0.265. The lowest BCUT2D eigenvalue weighted by atomic mass is 10.3. The SMILES string of the molecule is C[C@H](CO)Oc1ccc(Cl)cc1Cl. The molecule has 2 nitrogen and oxygen atoms in total. The van der Waals surface area contributed by atoms with E-state index in [4.69, 9.17) is 33.0 Å². The van der Waals surface area contributed by atoms with E-state index in [-0.39, 0.29) is 12.7 Å². The summed E-state index contributed by atoms with van der Waals surface area (Å²) in [7, 11) is 0. The van der Waals surface area contributed by atoms with Gasteiger partial charge in [0.25, 0.3) is 0 Å². The van der Waals surface area contributed by atoms with Gasteiger partial charge in [0.2, 0.25) is 0 Å². The number of rotatable bonds is 3. The molecule has 4 heteroatoms. The fourth-order valence-electron chi connectivity index (χ4n) is 0.825. The van der Waals surface area contributed by atoms with Crippen LogP contribution in [0.25, 0.3) is 0 Å². The third-order valence-electron chi connectivity index (χ3n) is 1.48. The molecule has 1 aromatic rings. The van der Waals surface area contributed by atoms with Crippen LogP contribution >= 0.6 is 23.2 Å². The molecule has 72 valence electrons. The first-order chi connectivity index (χ1) is 6.13. The summed E-state index contributed by atoms with van der Waals surface area (Å²) in [5.74, 6) is 0.535. The maximum absolute atomic E-state index is 8.75. The van der Waals surface area contributed by atoms with Gasteiger partial charge in [0.05, 0.1) is 11.6 Å². The minimum atomic E-state index is -0.265. The minimum Gasteiger partial charge on any atom is -0.487 e. The fraction of sp³-hybridized carbons (Fsp3) is 0.333. The number of hydrogen-bond acceptors (Lipinski definition) is 2. The Hall–Kier alpha value is -0.440. The Morgan fingerprint density at radius 1 is 1.46 bits per heavy atom. The van der Waals surface area contributed by atoms with Crippen LogP contribution in [-0.2, 0) is 0 Å². The molecule has 0 unspecified atom stereocenters. The van der Waals surface area contributed by atoms with Gasteiger partial charge in [-0.1, -0.05) is 23.2 Å². The van der Waals surface area contributed by atoms with Crippen LogP contribution in [0, 0.1) is 0 Å². The number of halogens is 2. The molecule has 1 rings (SSSR count). The van der Waals surface area contributed by atoms with Gasteiger partial charge in [-0.3, -0.25) is 0 Å². The van der Waals surface area contributed by atoms with Crippen molar-refractivity contribution >= 4 is 23.2 Å². The predicted molar refractivity (Wildman–Crippen MR) is 53.6 cm³/mol. The van der Waals surface area contributed by atoms with Crippen LogP contribution in [0.5, 0.6) is 5.75 Å². The zero-order valence-electron chi connectivity index (χ0n) is 7.13. The Balaban J connectivity index is 2.77. The Labute approximate surface area is 87.0 Å². The minimum absolute atomic E-state index is 0.0427. The second-order valence-electron chi connectivity index (χ2n) is 2.69. The molecule has 0 aliphatic heterocycles. The first-order valence-corrected chi connectivity index (χ1v) is 4.61. The molecule has 0 amide bonds. The van der Waals surface area contributed by atoms with E-state index in [0.29, 0.717) is 15.8 Å². The first kappa shape index (κ1) is 10.6. The largest absolute Gasteiger partial charge is 0.487 e. The molecule has 0 aliphatic rings. The van der Waals surface area contributed by atoms with Crippen molar-refractivity contribution < 1.29 is 9.84 Å². The molecule has 0 aromatic heterocycles. The average Bonchev–Trinajstić information content (AvgIpc) is 2.09. The van der Waals surface area contributed by atoms with Gasteiger partial charge in [-0.25, -0.2) is 0 Å². The molecule has 1 atom stereocenters. The molecule has 0 saturated heterocycles. The Bertz CT molecular complexity index is 289. The van der Waals surface area contributed by atoms with Crippen molar-refractivity contribution in [3.63, 3.8) is 0 Å². The molecule has 1 N–H and O–H groups in total. The number of ether oxygens (including phenoxy) is 1. The van der Waals surface area contributed by atoms with Crippen LogP contribution in [-0.4, -0.2) is 17.8 Å². The topological polar surface area (TPSA) is 29.5 Å². The van der Waals surface area contributed by atoms with Gasteiger partial charge in [0.1, 0.15) is 11.9 Å². The van der Waals surface area contributed by atoms with Crippen LogP contribution < -0.4 is 4.74 Å². The zero-order chi connectivity index (χ0) is 9.84. The molecular formula is C9H10Cl2O2. The lowest BCUT2D eigenvalue weighted by molar-refractivity contribution is 0.130. The summed E-state index contributed by atoms with van der Waals surface area (Å²) < 4.78 is 5.31. The van der Waals surface area contributed by atoms with E-state index in [1.165, 1.54) is 0 Å². The van der Waals surface area contributed by atoms with Gasteiger partial charge in [-0.15, -0.1) is 0 Å². The van der Waals surface area contributed by atoms with Gasteiger partial charge >= 0.3 is 0 Å². The van der Waals surface area contributed by atoms with Crippen LogP contribution in [0.4, 0.5) is 0 Å². The van der Waals surface area contributed by atoms with Crippen molar-refractivity contribution in [2.45, 2.75) is 13.0 Å². The maximum Gasteiger partial charge on any atom is 0.138 e. The standard InChI is InChI=1S/C9H10Cl2O2/c1-6(5-12)13-9-3-2-7(10)4-8(9)11/h2-4,6,12H,5H2,1H3/t6-/m1/s1. The van der Waals surface area contributed by atoms with Gasteiger partial charge in [0.15, 0.2) is 0 Å². The number of hydrogen-bond donors (Lipinski definition) is 1. The molecule has 0 heterocycles. The molecule has 0 bridgehead atoms. The highest BCUT2D eigenvalue weighted by Gasteiger charge is 2.06. The van der Waals surface area contributed by atoms with Crippen molar-refractivity contribution in [1.82, 2.24) is 0 Å². The second-order valence-corrected chi connectivity index (χ2v) is 3.53. The average molecular weight is 221 g/mol. The van der Waals surface area contributed by atoms with Crippen molar-refractivity contribution in [3.8, 4) is 5.75 Å². The van der Waals surface area contributed by atoms with Gasteiger partial charge in [-0.05, 0) is 25.1 Å². The fourth-order valence-corrected chi connectivity index (χ4v) is 1.28. The number of aliphatic hydroxyl groups is 1. The quantitative estimate of drug-likeness (QED) is 0.850. The van der Waals surface area contributed by atoms with Crippen molar-refractivity contribution in [3.05, 3.63) is 28.2 Å². The molecule has 0 fully saturated rings. The maximum atomic E-state index is 8.75. The second kappa shape index (κ2) is 4.70. The summed E-state index contributed by atoms with van der Waals surface area (Å²) in [6.45, 7) is 1.71. The monoisotopic (exact) mass is 220 g/mol. The smallest absolute Gasteiger partial charge is 0.138 e. The normalized spacial score (nSPS) is 12.6. The molecule has 0 aliphatic carbocycles. The highest BCUT2D eigenvalue weighted by molar-refractivity contribution is 6.35. The van der Waals surface area contributed by atoms with E-state index in [1.807, 2.05) is 0 Å².